The van der Waals surface area contributed by atoms with Crippen LogP contribution in [0.1, 0.15) is 10.4 Å². The number of halogens is 4. The van der Waals surface area contributed by atoms with E-state index in [1.807, 2.05) is 0 Å². The van der Waals surface area contributed by atoms with Crippen molar-refractivity contribution in [2.75, 3.05) is 10.0 Å². The Morgan fingerprint density at radius 2 is 1.50 bits per heavy atom. The molecule has 1 heterocycles. The van der Waals surface area contributed by atoms with Crippen molar-refractivity contribution in [3.05, 3.63) is 105 Å². The van der Waals surface area contributed by atoms with Crippen LogP contribution in [-0.2, 0) is 10.0 Å². The zero-order valence-corrected chi connectivity index (χ0v) is 21.8. The Hall–Kier alpha value is -3.01. The second kappa shape index (κ2) is 10.9. The number of nitrogens with zero attached hydrogens (tertiary/aromatic N) is 1. The van der Waals surface area contributed by atoms with Crippen LogP contribution in [0.5, 0.6) is 11.5 Å². The van der Waals surface area contributed by atoms with E-state index >= 15 is 0 Å². The molecule has 0 saturated carbocycles. The van der Waals surface area contributed by atoms with Gasteiger partial charge in [-0.3, -0.25) is 14.5 Å². The highest BCUT2D eigenvalue weighted by Crippen LogP contribution is 2.32. The standard InChI is InChI=1S/C24H15Cl4N3O4S/c25-14-5-10-21(17(11-14)24(32)30-23-19(27)12-29-13-20(23)28)31-36(33,34)16-8-6-15(7-9-16)35-22-4-2-1-3-18(22)26/h1-13,31H,(H,29,30,32). The van der Waals surface area contributed by atoms with Gasteiger partial charge in [0.25, 0.3) is 15.9 Å². The molecule has 0 radical (unpaired) electrons. The summed E-state index contributed by atoms with van der Waals surface area (Å²) in [7, 11) is -4.09. The van der Waals surface area contributed by atoms with E-state index in [9.17, 15) is 13.2 Å². The van der Waals surface area contributed by atoms with Gasteiger partial charge in [0.1, 0.15) is 11.5 Å². The maximum Gasteiger partial charge on any atom is 0.261 e. The summed E-state index contributed by atoms with van der Waals surface area (Å²) >= 11 is 24.3. The van der Waals surface area contributed by atoms with Gasteiger partial charge in [-0.1, -0.05) is 58.5 Å². The molecule has 3 aromatic carbocycles. The molecule has 0 spiro atoms. The first-order chi connectivity index (χ1) is 17.1. The van der Waals surface area contributed by atoms with Crippen LogP contribution in [0.3, 0.4) is 0 Å². The molecule has 0 unspecified atom stereocenters. The molecular weight excluding hydrogens is 568 g/mol. The number of ether oxygens (including phenoxy) is 1. The second-order valence-corrected chi connectivity index (χ2v) is 10.6. The van der Waals surface area contributed by atoms with Crippen molar-refractivity contribution in [2.45, 2.75) is 4.90 Å². The normalized spacial score (nSPS) is 11.1. The smallest absolute Gasteiger partial charge is 0.261 e. The molecular formula is C24H15Cl4N3O4S. The Balaban J connectivity index is 1.57. The minimum Gasteiger partial charge on any atom is -0.456 e. The van der Waals surface area contributed by atoms with Crippen molar-refractivity contribution in [1.82, 2.24) is 4.98 Å². The lowest BCUT2D eigenvalue weighted by molar-refractivity contribution is 0.102. The van der Waals surface area contributed by atoms with Gasteiger partial charge in [-0.2, -0.15) is 0 Å². The number of anilines is 2. The fourth-order valence-corrected chi connectivity index (χ4v) is 4.94. The first-order valence-corrected chi connectivity index (χ1v) is 13.1. The Morgan fingerprint density at radius 1 is 0.833 bits per heavy atom. The highest BCUT2D eigenvalue weighted by molar-refractivity contribution is 7.92. The molecule has 4 rings (SSSR count). The summed E-state index contributed by atoms with van der Waals surface area (Å²) in [6.45, 7) is 0. The van der Waals surface area contributed by atoms with Crippen molar-refractivity contribution in [3.63, 3.8) is 0 Å². The van der Waals surface area contributed by atoms with Crippen molar-refractivity contribution >= 4 is 73.7 Å². The molecule has 12 heteroatoms. The fourth-order valence-electron chi connectivity index (χ4n) is 3.05. The molecule has 36 heavy (non-hydrogen) atoms. The van der Waals surface area contributed by atoms with E-state index in [0.29, 0.717) is 16.5 Å². The average molecular weight is 583 g/mol. The number of pyridine rings is 1. The van der Waals surface area contributed by atoms with Crippen LogP contribution in [0, 0.1) is 0 Å². The largest absolute Gasteiger partial charge is 0.456 e. The quantitative estimate of drug-likeness (QED) is 0.234. The van der Waals surface area contributed by atoms with Crippen molar-refractivity contribution in [3.8, 4) is 11.5 Å². The number of carbonyl (C=O) groups is 1. The molecule has 1 aromatic heterocycles. The van der Waals surface area contributed by atoms with Crippen LogP contribution in [0.4, 0.5) is 11.4 Å². The van der Waals surface area contributed by atoms with E-state index in [0.717, 1.165) is 0 Å². The number of aromatic nitrogens is 1. The van der Waals surface area contributed by atoms with Crippen LogP contribution < -0.4 is 14.8 Å². The Kier molecular flexibility index (Phi) is 7.92. The summed E-state index contributed by atoms with van der Waals surface area (Å²) in [4.78, 5) is 16.8. The average Bonchev–Trinajstić information content (AvgIpc) is 2.84. The van der Waals surface area contributed by atoms with Gasteiger partial charge in [-0.25, -0.2) is 8.42 Å². The van der Waals surface area contributed by atoms with Gasteiger partial charge >= 0.3 is 0 Å². The lowest BCUT2D eigenvalue weighted by Gasteiger charge is -2.15. The predicted octanol–water partition coefficient (Wildman–Crippen LogP) is 7.54. The van der Waals surface area contributed by atoms with E-state index in [1.165, 1.54) is 54.9 Å². The number of rotatable bonds is 7. The van der Waals surface area contributed by atoms with Gasteiger partial charge in [0.2, 0.25) is 0 Å². The summed E-state index contributed by atoms with van der Waals surface area (Å²) in [5.41, 5.74) is 0.0736. The van der Waals surface area contributed by atoms with Gasteiger partial charge in [0, 0.05) is 17.4 Å². The summed E-state index contributed by atoms with van der Waals surface area (Å²) in [5.74, 6) is 0.132. The Morgan fingerprint density at radius 3 is 2.17 bits per heavy atom. The molecule has 0 fully saturated rings. The lowest BCUT2D eigenvalue weighted by Crippen LogP contribution is -2.19. The molecule has 0 aliphatic heterocycles. The highest BCUT2D eigenvalue weighted by atomic mass is 35.5. The van der Waals surface area contributed by atoms with Gasteiger partial charge in [-0.05, 0) is 54.6 Å². The first-order valence-electron chi connectivity index (χ1n) is 10.1. The zero-order chi connectivity index (χ0) is 25.9. The molecule has 1 amide bonds. The Labute approximate surface area is 227 Å². The number of amides is 1. The first kappa shape index (κ1) is 26.1. The molecule has 7 nitrogen and oxygen atoms in total. The maximum absolute atomic E-state index is 13.1. The minimum atomic E-state index is -4.09. The van der Waals surface area contributed by atoms with E-state index in [1.54, 1.807) is 24.3 Å². The van der Waals surface area contributed by atoms with Crippen molar-refractivity contribution in [2.24, 2.45) is 0 Å². The van der Waals surface area contributed by atoms with Crippen LogP contribution in [0.2, 0.25) is 20.1 Å². The third-order valence-corrected chi connectivity index (χ3v) is 7.26. The summed E-state index contributed by atoms with van der Waals surface area (Å²) in [5, 5.41) is 3.41. The molecule has 184 valence electrons. The van der Waals surface area contributed by atoms with E-state index in [2.05, 4.69) is 15.0 Å². The molecule has 0 atom stereocenters. The van der Waals surface area contributed by atoms with Crippen LogP contribution >= 0.6 is 46.4 Å². The topological polar surface area (TPSA) is 97.4 Å². The van der Waals surface area contributed by atoms with E-state index in [-0.39, 0.29) is 36.9 Å². The third-order valence-electron chi connectivity index (χ3n) is 4.76. The molecule has 0 bridgehead atoms. The fraction of sp³-hybridized carbons (Fsp3) is 0. The summed E-state index contributed by atoms with van der Waals surface area (Å²) in [6.07, 6.45) is 2.62. The Bertz CT molecular complexity index is 1530. The maximum atomic E-state index is 13.1. The SMILES string of the molecule is O=C(Nc1c(Cl)cncc1Cl)c1cc(Cl)ccc1NS(=O)(=O)c1ccc(Oc2ccccc2Cl)cc1. The predicted molar refractivity (Wildman–Crippen MR) is 142 cm³/mol. The van der Waals surface area contributed by atoms with E-state index in [4.69, 9.17) is 51.1 Å². The molecule has 4 aromatic rings. The van der Waals surface area contributed by atoms with Crippen LogP contribution in [0.25, 0.3) is 0 Å². The highest BCUT2D eigenvalue weighted by Gasteiger charge is 2.21. The van der Waals surface area contributed by atoms with Gasteiger partial charge in [0.05, 0.1) is 36.9 Å². The third kappa shape index (κ3) is 6.03. The lowest BCUT2D eigenvalue weighted by atomic mass is 10.1. The molecule has 2 N–H and O–H groups in total. The van der Waals surface area contributed by atoms with Crippen molar-refractivity contribution < 1.29 is 17.9 Å². The number of carbonyl (C=O) groups excluding carboxylic acids is 1. The second-order valence-electron chi connectivity index (χ2n) is 7.23. The number of sulfonamides is 1. The van der Waals surface area contributed by atoms with Gasteiger partial charge in [-0.15, -0.1) is 0 Å². The van der Waals surface area contributed by atoms with Gasteiger partial charge < -0.3 is 10.1 Å². The van der Waals surface area contributed by atoms with Crippen LogP contribution in [0.15, 0.2) is 84.0 Å². The number of para-hydroxylation sites is 1. The number of nitrogens with one attached hydrogen (secondary N) is 2. The number of hydrogen-bond acceptors (Lipinski definition) is 5. The molecule has 0 aliphatic carbocycles. The monoisotopic (exact) mass is 581 g/mol. The number of hydrogen-bond donors (Lipinski definition) is 2. The molecule has 0 aliphatic rings. The zero-order valence-electron chi connectivity index (χ0n) is 18.0. The summed E-state index contributed by atoms with van der Waals surface area (Å²) in [6, 6.07) is 16.7. The minimum absolute atomic E-state index is 0.00500. The van der Waals surface area contributed by atoms with Gasteiger partial charge in [0.15, 0.2) is 0 Å². The van der Waals surface area contributed by atoms with Crippen molar-refractivity contribution in [1.29, 1.82) is 0 Å². The van der Waals surface area contributed by atoms with E-state index < -0.39 is 15.9 Å². The van der Waals surface area contributed by atoms with Crippen LogP contribution in [-0.4, -0.2) is 19.3 Å². The molecule has 0 saturated heterocycles. The summed E-state index contributed by atoms with van der Waals surface area (Å²) < 4.78 is 34.2. The number of benzene rings is 3.